The SMILES string of the molecule is COC(=O)Cn1c(=NC(=O)c2sc3ccccc3c2Cl)sc2cc(S(C)(=O)=O)ccc21. The Morgan fingerprint density at radius 1 is 1.13 bits per heavy atom. The minimum Gasteiger partial charge on any atom is -0.468 e. The molecule has 2 aromatic heterocycles. The third-order valence-corrected chi connectivity index (χ3v) is 8.34. The van der Waals surface area contributed by atoms with Gasteiger partial charge in [0.15, 0.2) is 14.6 Å². The molecule has 0 aliphatic rings. The fourth-order valence-electron chi connectivity index (χ4n) is 3.01. The highest BCUT2D eigenvalue weighted by molar-refractivity contribution is 7.90. The first-order valence-corrected chi connectivity index (χ1v) is 12.8. The maximum absolute atomic E-state index is 13.0. The highest BCUT2D eigenvalue weighted by atomic mass is 35.5. The average Bonchev–Trinajstić information content (AvgIpc) is 3.24. The number of halogens is 1. The second-order valence-electron chi connectivity index (χ2n) is 6.61. The number of thiophene rings is 1. The van der Waals surface area contributed by atoms with Gasteiger partial charge in [0, 0.05) is 16.3 Å². The molecule has 0 aliphatic carbocycles. The van der Waals surface area contributed by atoms with Crippen LogP contribution in [0.25, 0.3) is 20.3 Å². The molecule has 4 rings (SSSR count). The van der Waals surface area contributed by atoms with Gasteiger partial charge in [0.1, 0.15) is 11.4 Å². The lowest BCUT2D eigenvalue weighted by Crippen LogP contribution is -2.22. The lowest BCUT2D eigenvalue weighted by Gasteiger charge is -2.04. The number of carbonyl (C=O) groups excluding carboxylic acids is 2. The van der Waals surface area contributed by atoms with E-state index in [1.165, 1.54) is 35.1 Å². The molecule has 0 fully saturated rings. The minimum absolute atomic E-state index is 0.136. The van der Waals surface area contributed by atoms with Crippen LogP contribution >= 0.6 is 34.3 Å². The van der Waals surface area contributed by atoms with E-state index >= 15 is 0 Å². The monoisotopic (exact) mass is 494 g/mol. The Kier molecular flexibility index (Phi) is 5.73. The molecule has 0 N–H and O–H groups in total. The summed E-state index contributed by atoms with van der Waals surface area (Å²) in [5.74, 6) is -1.07. The second kappa shape index (κ2) is 8.19. The van der Waals surface area contributed by atoms with Crippen LogP contribution in [0.4, 0.5) is 0 Å². The number of nitrogens with zero attached hydrogens (tertiary/aromatic N) is 2. The Morgan fingerprint density at radius 3 is 2.55 bits per heavy atom. The van der Waals surface area contributed by atoms with Gasteiger partial charge in [-0.2, -0.15) is 4.99 Å². The predicted octanol–water partition coefficient (Wildman–Crippen LogP) is 3.89. The second-order valence-corrected chi connectivity index (χ2v) is 11.1. The van der Waals surface area contributed by atoms with E-state index in [-0.39, 0.29) is 16.2 Å². The van der Waals surface area contributed by atoms with Crippen LogP contribution in [0.5, 0.6) is 0 Å². The number of benzene rings is 2. The standard InChI is InChI=1S/C20H15ClN2O5S3/c1-28-16(24)10-23-13-8-7-11(31(2,26)27)9-15(13)30-20(23)22-19(25)18-17(21)12-5-3-4-6-14(12)29-18/h3-9H,10H2,1-2H3. The normalized spacial score (nSPS) is 12.5. The summed E-state index contributed by atoms with van der Waals surface area (Å²) in [5.41, 5.74) is 0.566. The van der Waals surface area contributed by atoms with Gasteiger partial charge in [0.25, 0.3) is 5.91 Å². The van der Waals surface area contributed by atoms with E-state index < -0.39 is 21.7 Å². The molecule has 0 saturated heterocycles. The van der Waals surface area contributed by atoms with Gasteiger partial charge in [0.05, 0.1) is 27.2 Å². The number of hydrogen-bond donors (Lipinski definition) is 0. The van der Waals surface area contributed by atoms with Crippen LogP contribution in [-0.2, 0) is 25.9 Å². The van der Waals surface area contributed by atoms with Crippen molar-refractivity contribution in [3.63, 3.8) is 0 Å². The van der Waals surface area contributed by atoms with Crippen LogP contribution in [0.3, 0.4) is 0 Å². The Labute approximate surface area is 190 Å². The van der Waals surface area contributed by atoms with Crippen molar-refractivity contribution < 1.29 is 22.7 Å². The molecule has 1 amide bonds. The van der Waals surface area contributed by atoms with Crippen LogP contribution in [0.1, 0.15) is 9.67 Å². The summed E-state index contributed by atoms with van der Waals surface area (Å²) >= 11 is 8.74. The molecule has 7 nitrogen and oxygen atoms in total. The summed E-state index contributed by atoms with van der Waals surface area (Å²) in [7, 11) is -2.16. The zero-order chi connectivity index (χ0) is 22.3. The molecular weight excluding hydrogens is 480 g/mol. The average molecular weight is 495 g/mol. The molecule has 0 saturated carbocycles. The van der Waals surface area contributed by atoms with Gasteiger partial charge in [0.2, 0.25) is 0 Å². The lowest BCUT2D eigenvalue weighted by molar-refractivity contribution is -0.141. The van der Waals surface area contributed by atoms with E-state index in [1.807, 2.05) is 24.3 Å². The van der Waals surface area contributed by atoms with Gasteiger partial charge >= 0.3 is 5.97 Å². The van der Waals surface area contributed by atoms with E-state index in [0.29, 0.717) is 20.1 Å². The highest BCUT2D eigenvalue weighted by Crippen LogP contribution is 2.35. The number of thiazole rings is 1. The van der Waals surface area contributed by atoms with Gasteiger partial charge in [-0.1, -0.05) is 41.1 Å². The summed E-state index contributed by atoms with van der Waals surface area (Å²) in [4.78, 5) is 29.8. The van der Waals surface area contributed by atoms with Gasteiger partial charge in [-0.3, -0.25) is 9.59 Å². The zero-order valence-corrected chi connectivity index (χ0v) is 19.5. The highest BCUT2D eigenvalue weighted by Gasteiger charge is 2.19. The molecule has 31 heavy (non-hydrogen) atoms. The Bertz CT molecular complexity index is 1530. The summed E-state index contributed by atoms with van der Waals surface area (Å²) < 4.78 is 31.5. The minimum atomic E-state index is -3.42. The topological polar surface area (TPSA) is 94.8 Å². The molecule has 0 radical (unpaired) electrons. The lowest BCUT2D eigenvalue weighted by atomic mass is 10.2. The fraction of sp³-hybridized carbons (Fsp3) is 0.150. The fourth-order valence-corrected chi connectivity index (χ4v) is 6.19. The number of sulfone groups is 1. The molecular formula is C20H15ClN2O5S3. The van der Waals surface area contributed by atoms with Crippen molar-refractivity contribution in [1.82, 2.24) is 4.57 Å². The number of methoxy groups -OCH3 is 1. The van der Waals surface area contributed by atoms with Crippen LogP contribution in [-0.4, -0.2) is 38.2 Å². The molecule has 0 aliphatic heterocycles. The van der Waals surface area contributed by atoms with E-state index in [0.717, 1.165) is 27.7 Å². The number of carbonyl (C=O) groups is 2. The summed E-state index contributed by atoms with van der Waals surface area (Å²) in [6.07, 6.45) is 1.11. The van der Waals surface area contributed by atoms with Crippen molar-refractivity contribution in [2.45, 2.75) is 11.4 Å². The van der Waals surface area contributed by atoms with Crippen molar-refractivity contribution in [1.29, 1.82) is 0 Å². The van der Waals surface area contributed by atoms with E-state index in [1.54, 1.807) is 6.07 Å². The molecule has 0 unspecified atom stereocenters. The largest absolute Gasteiger partial charge is 0.468 e. The van der Waals surface area contributed by atoms with Gasteiger partial charge < -0.3 is 9.30 Å². The first kappa shape index (κ1) is 21.7. The van der Waals surface area contributed by atoms with Crippen LogP contribution in [0.2, 0.25) is 5.02 Å². The number of fused-ring (bicyclic) bond motifs is 2. The van der Waals surface area contributed by atoms with Crippen LogP contribution in [0, 0.1) is 0 Å². The van der Waals surface area contributed by atoms with Crippen molar-refractivity contribution in [3.8, 4) is 0 Å². The molecule has 0 spiro atoms. The van der Waals surface area contributed by atoms with Crippen molar-refractivity contribution in [2.75, 3.05) is 13.4 Å². The van der Waals surface area contributed by atoms with Crippen molar-refractivity contribution in [2.24, 2.45) is 4.99 Å². The van der Waals surface area contributed by atoms with Gasteiger partial charge in [-0.25, -0.2) is 8.42 Å². The quantitative estimate of drug-likeness (QED) is 0.401. The number of aromatic nitrogens is 1. The third kappa shape index (κ3) is 4.16. The maximum Gasteiger partial charge on any atom is 0.325 e. The van der Waals surface area contributed by atoms with Crippen LogP contribution in [0.15, 0.2) is 52.4 Å². The van der Waals surface area contributed by atoms with Gasteiger partial charge in [-0.05, 0) is 24.3 Å². The third-order valence-electron chi connectivity index (χ3n) is 4.52. The molecule has 2 aromatic carbocycles. The van der Waals surface area contributed by atoms with Gasteiger partial charge in [-0.15, -0.1) is 11.3 Å². The molecule has 0 atom stereocenters. The molecule has 11 heteroatoms. The van der Waals surface area contributed by atoms with E-state index in [4.69, 9.17) is 16.3 Å². The molecule has 160 valence electrons. The Morgan fingerprint density at radius 2 is 1.87 bits per heavy atom. The Hall–Kier alpha value is -2.53. The summed E-state index contributed by atoms with van der Waals surface area (Å²) in [6, 6.07) is 11.9. The number of hydrogen-bond acceptors (Lipinski definition) is 7. The van der Waals surface area contributed by atoms with E-state index in [9.17, 15) is 18.0 Å². The Balaban J connectivity index is 1.90. The number of rotatable bonds is 4. The molecule has 0 bridgehead atoms. The zero-order valence-electron chi connectivity index (χ0n) is 16.3. The summed E-state index contributed by atoms with van der Waals surface area (Å²) in [6.45, 7) is -0.180. The first-order chi connectivity index (χ1) is 14.7. The molecule has 2 heterocycles. The van der Waals surface area contributed by atoms with Crippen molar-refractivity contribution in [3.05, 3.63) is 57.2 Å². The number of esters is 1. The number of ether oxygens (including phenoxy) is 1. The number of amides is 1. The van der Waals surface area contributed by atoms with Crippen LogP contribution < -0.4 is 4.80 Å². The predicted molar refractivity (Wildman–Crippen MR) is 122 cm³/mol. The molecule has 4 aromatic rings. The first-order valence-electron chi connectivity index (χ1n) is 8.85. The van der Waals surface area contributed by atoms with E-state index in [2.05, 4.69) is 4.99 Å². The van der Waals surface area contributed by atoms with Crippen molar-refractivity contribution >= 4 is 76.3 Å². The summed E-state index contributed by atoms with van der Waals surface area (Å²) in [5, 5.41) is 1.10. The smallest absolute Gasteiger partial charge is 0.325 e. The maximum atomic E-state index is 13.0.